The maximum absolute atomic E-state index is 6.67. The van der Waals surface area contributed by atoms with Crippen LogP contribution in [-0.2, 0) is 49.7 Å². The Bertz CT molecular complexity index is 1270. The van der Waals surface area contributed by atoms with Crippen LogP contribution in [0.3, 0.4) is 0 Å². The zero-order valence-electron chi connectivity index (χ0n) is 23.7. The predicted molar refractivity (Wildman–Crippen MR) is 193 cm³/mol. The molecule has 0 unspecified atom stereocenters. The van der Waals surface area contributed by atoms with Crippen molar-refractivity contribution in [1.82, 2.24) is 5.48 Å². The number of nitrogens with one attached hydrogen (secondary N) is 1. The second kappa shape index (κ2) is 20.8. The van der Waals surface area contributed by atoms with Crippen molar-refractivity contribution in [2.75, 3.05) is 13.2 Å². The molecule has 1 N–H and O–H groups in total. The molecule has 0 saturated carbocycles. The molecule has 0 heterocycles. The van der Waals surface area contributed by atoms with Crippen molar-refractivity contribution in [2.24, 2.45) is 0 Å². The average molecular weight is 844 g/mol. The van der Waals surface area contributed by atoms with E-state index in [0.29, 0.717) is 39.6 Å². The van der Waals surface area contributed by atoms with Gasteiger partial charge in [0, 0.05) is 11.7 Å². The van der Waals surface area contributed by atoms with E-state index >= 15 is 0 Å². The maximum Gasteiger partial charge on any atom is 0.114 e. The number of hydrogen-bond donors (Lipinski definition) is 1. The number of ether oxygens (including phenoxy) is 3. The SMILES string of the molecule is IP(I)SOC[C@@H](OCc1ccccc1)[C@@H](OCc1ccccc1)[C@H](CNOCc1ccccc1)OCc1ccccc1. The van der Waals surface area contributed by atoms with Gasteiger partial charge in [-0.25, -0.2) is 0 Å². The lowest BCUT2D eigenvalue weighted by molar-refractivity contribution is -0.164. The largest absolute Gasteiger partial charge is 0.369 e. The van der Waals surface area contributed by atoms with E-state index in [1.165, 1.54) is 11.7 Å². The number of rotatable bonds is 20. The van der Waals surface area contributed by atoms with Crippen molar-refractivity contribution in [2.45, 2.75) is 44.7 Å². The fourth-order valence-electron chi connectivity index (χ4n) is 4.27. The molecule has 0 radical (unpaired) electrons. The Morgan fingerprint density at radius 2 is 0.977 bits per heavy atom. The summed E-state index contributed by atoms with van der Waals surface area (Å²) in [7, 11) is 0. The van der Waals surface area contributed by atoms with Gasteiger partial charge in [-0.2, -0.15) is 5.48 Å². The monoisotopic (exact) mass is 843 g/mol. The third kappa shape index (κ3) is 13.8. The van der Waals surface area contributed by atoms with Gasteiger partial charge < -0.3 is 18.4 Å². The molecule has 0 saturated heterocycles. The molecular weight excluding hydrogens is 807 g/mol. The van der Waals surface area contributed by atoms with Crippen molar-refractivity contribution in [3.05, 3.63) is 144 Å². The average Bonchev–Trinajstić information content (AvgIpc) is 3.05. The van der Waals surface area contributed by atoms with Crippen LogP contribution in [-0.4, -0.2) is 31.5 Å². The smallest absolute Gasteiger partial charge is 0.114 e. The van der Waals surface area contributed by atoms with E-state index in [2.05, 4.69) is 86.0 Å². The minimum absolute atomic E-state index is 0.345. The quantitative estimate of drug-likeness (QED) is 0.0313. The molecule has 4 aromatic rings. The summed E-state index contributed by atoms with van der Waals surface area (Å²) in [5.41, 5.74) is 7.46. The number of halogens is 2. The molecule has 4 rings (SSSR count). The first-order valence-electron chi connectivity index (χ1n) is 13.9. The van der Waals surface area contributed by atoms with Gasteiger partial charge in [0.15, 0.2) is 0 Å². The molecule has 4 aromatic carbocycles. The maximum atomic E-state index is 6.67. The highest BCUT2D eigenvalue weighted by atomic mass is 127. The van der Waals surface area contributed by atoms with Crippen molar-refractivity contribution < 1.29 is 23.2 Å². The number of hydrogen-bond acceptors (Lipinski definition) is 7. The molecule has 43 heavy (non-hydrogen) atoms. The third-order valence-corrected chi connectivity index (χ3v) is 10.3. The van der Waals surface area contributed by atoms with Gasteiger partial charge >= 0.3 is 0 Å². The van der Waals surface area contributed by atoms with Crippen LogP contribution < -0.4 is 5.48 Å². The molecule has 0 aliphatic rings. The van der Waals surface area contributed by atoms with Crippen LogP contribution in [0.4, 0.5) is 0 Å². The fraction of sp³-hybridized carbons (Fsp3) is 0.273. The van der Waals surface area contributed by atoms with Gasteiger partial charge in [-0.15, -0.1) is 0 Å². The molecule has 10 heteroatoms. The summed E-state index contributed by atoms with van der Waals surface area (Å²) in [6.07, 6.45) is -1.28. The summed E-state index contributed by atoms with van der Waals surface area (Å²) < 4.78 is 25.5. The molecule has 228 valence electrons. The summed E-state index contributed by atoms with van der Waals surface area (Å²) >= 11 is 6.25. The van der Waals surface area contributed by atoms with Gasteiger partial charge in [0.25, 0.3) is 0 Å². The van der Waals surface area contributed by atoms with Gasteiger partial charge in [-0.1, -0.05) is 121 Å². The van der Waals surface area contributed by atoms with Crippen molar-refractivity contribution in [3.8, 4) is 0 Å². The van der Waals surface area contributed by atoms with E-state index in [1.54, 1.807) is 0 Å². The van der Waals surface area contributed by atoms with E-state index in [9.17, 15) is 0 Å². The number of benzene rings is 4. The Morgan fingerprint density at radius 3 is 1.44 bits per heavy atom. The third-order valence-electron chi connectivity index (χ3n) is 6.44. The van der Waals surface area contributed by atoms with Crippen LogP contribution in [0.5, 0.6) is 0 Å². The van der Waals surface area contributed by atoms with Crippen LogP contribution in [0.15, 0.2) is 121 Å². The Labute approximate surface area is 286 Å². The highest BCUT2D eigenvalue weighted by Gasteiger charge is 2.33. The number of hydroxylamine groups is 1. The highest BCUT2D eigenvalue weighted by molar-refractivity contribution is 14.3. The lowest BCUT2D eigenvalue weighted by atomic mass is 10.1. The van der Waals surface area contributed by atoms with E-state index in [1.807, 2.05) is 84.9 Å². The lowest BCUT2D eigenvalue weighted by Gasteiger charge is -2.33. The first-order chi connectivity index (χ1) is 21.2. The van der Waals surface area contributed by atoms with Gasteiger partial charge in [0.05, 0.1) is 39.6 Å². The van der Waals surface area contributed by atoms with E-state index in [0.717, 1.165) is 22.3 Å². The summed E-state index contributed by atoms with van der Waals surface area (Å²) in [5, 5.41) is 0. The molecule has 0 spiro atoms. The topological polar surface area (TPSA) is 58.2 Å². The van der Waals surface area contributed by atoms with E-state index < -0.39 is 18.3 Å². The fourth-order valence-corrected chi connectivity index (χ4v) is 7.01. The second-order valence-corrected chi connectivity index (χ2v) is 27.2. The highest BCUT2D eigenvalue weighted by Crippen LogP contribution is 2.65. The summed E-state index contributed by atoms with van der Waals surface area (Å²) in [6.45, 7) is 2.43. The summed E-state index contributed by atoms with van der Waals surface area (Å²) in [4.78, 5) is 5.88. The van der Waals surface area contributed by atoms with Crippen LogP contribution >= 0.6 is 58.2 Å². The van der Waals surface area contributed by atoms with E-state index in [-0.39, 0.29) is 2.41 Å². The standard InChI is InChI=1S/C33H36I2NO5PS/c34-42(35)43-41-26-32(38-23-28-15-7-2-8-16-28)33(39-24-29-17-9-3-10-18-29)31(37-22-27-13-5-1-6-14-27)21-36-40-25-30-19-11-4-12-20-30/h1-20,31-33,36H,21-26H2/t31-,32+,33-/m0/s1. The zero-order valence-corrected chi connectivity index (χ0v) is 29.7. The Hall–Kier alpha value is -1.12. The summed E-state index contributed by atoms with van der Waals surface area (Å²) in [6, 6.07) is 40.5. The zero-order chi connectivity index (χ0) is 30.0. The first kappa shape index (κ1) is 34.7. The Balaban J connectivity index is 1.54. The molecule has 0 aliphatic carbocycles. The van der Waals surface area contributed by atoms with Crippen LogP contribution in [0.25, 0.3) is 0 Å². The predicted octanol–water partition coefficient (Wildman–Crippen LogP) is 9.23. The molecule has 0 amide bonds. The molecule has 0 aromatic heterocycles. The van der Waals surface area contributed by atoms with Crippen molar-refractivity contribution >= 4 is 58.2 Å². The minimum Gasteiger partial charge on any atom is -0.369 e. The summed E-state index contributed by atoms with van der Waals surface area (Å²) in [5.74, 6) is 0. The molecular formula is C33H36I2NO5PS. The molecule has 0 fully saturated rings. The molecule has 0 aliphatic heterocycles. The van der Waals surface area contributed by atoms with Gasteiger partial charge in [-0.3, -0.25) is 4.84 Å². The minimum atomic E-state index is -0.462. The lowest BCUT2D eigenvalue weighted by Crippen LogP contribution is -2.49. The van der Waals surface area contributed by atoms with Crippen molar-refractivity contribution in [1.29, 1.82) is 0 Å². The molecule has 6 nitrogen and oxygen atoms in total. The van der Waals surface area contributed by atoms with Crippen LogP contribution in [0.2, 0.25) is 0 Å². The normalized spacial score (nSPS) is 13.6. The van der Waals surface area contributed by atoms with Gasteiger partial charge in [0.1, 0.15) is 20.7 Å². The first-order valence-corrected chi connectivity index (χ1v) is 22.2. The Morgan fingerprint density at radius 1 is 0.558 bits per heavy atom. The van der Waals surface area contributed by atoms with Crippen molar-refractivity contribution in [3.63, 3.8) is 0 Å². The van der Waals surface area contributed by atoms with Gasteiger partial charge in [-0.05, 0) is 66.3 Å². The van der Waals surface area contributed by atoms with Gasteiger partial charge in [0.2, 0.25) is 0 Å². The van der Waals surface area contributed by atoms with Crippen LogP contribution in [0.1, 0.15) is 22.3 Å². The molecule has 0 bridgehead atoms. The van der Waals surface area contributed by atoms with E-state index in [4.69, 9.17) is 23.2 Å². The Kier molecular flexibility index (Phi) is 16.8. The van der Waals surface area contributed by atoms with Crippen LogP contribution in [0, 0.1) is 0 Å². The second-order valence-electron chi connectivity index (χ2n) is 9.62. The molecule has 3 atom stereocenters.